The van der Waals surface area contributed by atoms with E-state index in [2.05, 4.69) is 68.6 Å². The van der Waals surface area contributed by atoms with Crippen LogP contribution in [-0.2, 0) is 6.42 Å². The van der Waals surface area contributed by atoms with Gasteiger partial charge in [-0.15, -0.1) is 0 Å². The number of aryl methyl sites for hydroxylation is 4. The maximum atomic E-state index is 13.0. The number of rotatable bonds is 4. The van der Waals surface area contributed by atoms with Crippen LogP contribution < -0.4 is 10.9 Å². The highest BCUT2D eigenvalue weighted by Gasteiger charge is 2.13. The number of anilines is 2. The van der Waals surface area contributed by atoms with Gasteiger partial charge in [0.25, 0.3) is 5.56 Å². The number of fused-ring (bicyclic) bond motifs is 2. The first-order valence-electron chi connectivity index (χ1n) is 11.0. The third-order valence-corrected chi connectivity index (χ3v) is 6.03. The fraction of sp³-hybridized carbons (Fsp3) is 0.185. The van der Waals surface area contributed by atoms with Gasteiger partial charge in [-0.1, -0.05) is 54.1 Å². The second-order valence-corrected chi connectivity index (χ2v) is 8.53. The van der Waals surface area contributed by atoms with Gasteiger partial charge in [-0.05, 0) is 55.7 Å². The molecule has 3 aromatic carbocycles. The van der Waals surface area contributed by atoms with Gasteiger partial charge in [0.2, 0.25) is 11.9 Å². The van der Waals surface area contributed by atoms with Crippen LogP contribution in [0.5, 0.6) is 0 Å². The van der Waals surface area contributed by atoms with Crippen molar-refractivity contribution in [1.82, 2.24) is 19.9 Å². The smallest absolute Gasteiger partial charge is 0.256 e. The summed E-state index contributed by atoms with van der Waals surface area (Å²) in [5.41, 5.74) is 6.30. The van der Waals surface area contributed by atoms with Gasteiger partial charge in [0, 0.05) is 17.4 Å². The Bertz CT molecular complexity index is 1580. The molecule has 2 heterocycles. The number of aromatic amines is 1. The Morgan fingerprint density at radius 2 is 1.64 bits per heavy atom. The lowest BCUT2D eigenvalue weighted by molar-refractivity contribution is 0.981. The van der Waals surface area contributed by atoms with Crippen LogP contribution in [0.4, 0.5) is 11.9 Å². The van der Waals surface area contributed by atoms with Crippen molar-refractivity contribution >= 4 is 33.6 Å². The third kappa shape index (κ3) is 3.96. The van der Waals surface area contributed by atoms with Crippen LogP contribution in [0, 0.1) is 27.7 Å². The molecule has 0 bridgehead atoms. The molecule has 0 spiro atoms. The lowest BCUT2D eigenvalue weighted by Crippen LogP contribution is -2.19. The van der Waals surface area contributed by atoms with Crippen LogP contribution in [0.25, 0.3) is 21.7 Å². The van der Waals surface area contributed by atoms with Gasteiger partial charge >= 0.3 is 0 Å². The van der Waals surface area contributed by atoms with E-state index in [9.17, 15) is 4.79 Å². The second-order valence-electron chi connectivity index (χ2n) is 8.53. The Kier molecular flexibility index (Phi) is 5.13. The summed E-state index contributed by atoms with van der Waals surface area (Å²) in [5, 5.41) is 6.42. The number of hydrogen-bond acceptors (Lipinski definition) is 5. The molecule has 6 heteroatoms. The summed E-state index contributed by atoms with van der Waals surface area (Å²) >= 11 is 0. The van der Waals surface area contributed by atoms with Gasteiger partial charge in [-0.2, -0.15) is 0 Å². The number of benzene rings is 3. The van der Waals surface area contributed by atoms with E-state index in [4.69, 9.17) is 0 Å². The predicted molar refractivity (Wildman–Crippen MR) is 133 cm³/mol. The van der Waals surface area contributed by atoms with E-state index in [1.807, 2.05) is 39.0 Å². The molecule has 164 valence electrons. The minimum absolute atomic E-state index is 0.165. The van der Waals surface area contributed by atoms with Gasteiger partial charge in [0.15, 0.2) is 0 Å². The van der Waals surface area contributed by atoms with E-state index >= 15 is 0 Å². The Balaban J connectivity index is 1.49. The number of nitrogens with zero attached hydrogens (tertiary/aromatic N) is 3. The summed E-state index contributed by atoms with van der Waals surface area (Å²) in [4.78, 5) is 29.7. The molecule has 0 radical (unpaired) electrons. The van der Waals surface area contributed by atoms with Crippen LogP contribution in [0.15, 0.2) is 59.4 Å². The summed E-state index contributed by atoms with van der Waals surface area (Å²) in [6.07, 6.45) is 0.514. The van der Waals surface area contributed by atoms with Gasteiger partial charge in [-0.25, -0.2) is 15.0 Å². The monoisotopic (exact) mass is 435 g/mol. The van der Waals surface area contributed by atoms with Gasteiger partial charge in [0.1, 0.15) is 0 Å². The third-order valence-electron chi connectivity index (χ3n) is 6.03. The molecule has 0 aliphatic rings. The molecule has 0 unspecified atom stereocenters. The molecule has 5 rings (SSSR count). The standard InChI is InChI=1S/C27H25N5O/c1-15-12-16(2)24-22(13-15)17(3)28-26(30-24)32-27-29-18(4)23(25(33)31-27)14-20-10-7-9-19-8-5-6-11-21(19)20/h5-13H,14H2,1-4H3,(H2,28,29,30,31,32,33). The van der Waals surface area contributed by atoms with Crippen LogP contribution in [0.3, 0.4) is 0 Å². The molecular formula is C27H25N5O. The molecule has 0 aliphatic carbocycles. The van der Waals surface area contributed by atoms with Crippen molar-refractivity contribution in [3.05, 3.63) is 98.6 Å². The van der Waals surface area contributed by atoms with E-state index in [0.29, 0.717) is 29.6 Å². The van der Waals surface area contributed by atoms with E-state index in [-0.39, 0.29) is 5.56 Å². The first-order valence-corrected chi connectivity index (χ1v) is 11.0. The maximum Gasteiger partial charge on any atom is 0.256 e. The summed E-state index contributed by atoms with van der Waals surface area (Å²) < 4.78 is 0. The predicted octanol–water partition coefficient (Wildman–Crippen LogP) is 5.43. The molecule has 0 saturated heterocycles. The van der Waals surface area contributed by atoms with Crippen molar-refractivity contribution in [2.75, 3.05) is 5.32 Å². The summed E-state index contributed by atoms with van der Waals surface area (Å²) in [5.74, 6) is 0.749. The van der Waals surface area contributed by atoms with Crippen molar-refractivity contribution in [1.29, 1.82) is 0 Å². The van der Waals surface area contributed by atoms with Gasteiger partial charge in [0.05, 0.1) is 16.9 Å². The molecule has 0 fully saturated rings. The first-order chi connectivity index (χ1) is 15.9. The van der Waals surface area contributed by atoms with Crippen LogP contribution in [-0.4, -0.2) is 19.9 Å². The molecule has 5 aromatic rings. The highest BCUT2D eigenvalue weighted by molar-refractivity contribution is 5.86. The second kappa shape index (κ2) is 8.13. The Morgan fingerprint density at radius 3 is 2.45 bits per heavy atom. The topological polar surface area (TPSA) is 83.6 Å². The quantitative estimate of drug-likeness (QED) is 0.393. The normalized spacial score (nSPS) is 11.3. The highest BCUT2D eigenvalue weighted by atomic mass is 16.1. The summed E-state index contributed by atoms with van der Waals surface area (Å²) in [6, 6.07) is 18.6. The van der Waals surface area contributed by atoms with E-state index in [1.165, 1.54) is 5.56 Å². The zero-order valence-corrected chi connectivity index (χ0v) is 19.2. The molecule has 0 saturated carbocycles. The van der Waals surface area contributed by atoms with Crippen LogP contribution >= 0.6 is 0 Å². The Morgan fingerprint density at radius 1 is 0.848 bits per heavy atom. The SMILES string of the molecule is Cc1cc(C)c2nc(Nc3nc(C)c(Cc4cccc5ccccc45)c(=O)[nH]3)nc(C)c2c1. The maximum absolute atomic E-state index is 13.0. The zero-order chi connectivity index (χ0) is 23.1. The van der Waals surface area contributed by atoms with Gasteiger partial charge in [-0.3, -0.25) is 15.1 Å². The van der Waals surface area contributed by atoms with Crippen molar-refractivity contribution in [2.45, 2.75) is 34.1 Å². The number of nitrogens with one attached hydrogen (secondary N) is 2. The van der Waals surface area contributed by atoms with Crippen molar-refractivity contribution in [2.24, 2.45) is 0 Å². The fourth-order valence-corrected chi connectivity index (χ4v) is 4.41. The van der Waals surface area contributed by atoms with Crippen molar-refractivity contribution in [3.63, 3.8) is 0 Å². The van der Waals surface area contributed by atoms with Crippen LogP contribution in [0.2, 0.25) is 0 Å². The lowest BCUT2D eigenvalue weighted by Gasteiger charge is -2.12. The Labute approximate surface area is 191 Å². The molecule has 0 aliphatic heterocycles. The molecule has 0 amide bonds. The Hall–Kier alpha value is -4.06. The van der Waals surface area contributed by atoms with E-state index < -0.39 is 0 Å². The minimum atomic E-state index is -0.165. The average molecular weight is 436 g/mol. The highest BCUT2D eigenvalue weighted by Crippen LogP contribution is 2.24. The van der Waals surface area contributed by atoms with E-state index in [1.54, 1.807) is 0 Å². The number of H-pyrrole nitrogens is 1. The summed E-state index contributed by atoms with van der Waals surface area (Å²) in [7, 11) is 0. The molecule has 6 nitrogen and oxygen atoms in total. The van der Waals surface area contributed by atoms with E-state index in [0.717, 1.165) is 38.5 Å². The number of aromatic nitrogens is 4. The average Bonchev–Trinajstić information content (AvgIpc) is 2.77. The molecular weight excluding hydrogens is 410 g/mol. The van der Waals surface area contributed by atoms with Gasteiger partial charge < -0.3 is 0 Å². The summed E-state index contributed by atoms with van der Waals surface area (Å²) in [6.45, 7) is 7.93. The molecule has 0 atom stereocenters. The fourth-order valence-electron chi connectivity index (χ4n) is 4.41. The first kappa shape index (κ1) is 20.8. The molecule has 33 heavy (non-hydrogen) atoms. The van der Waals surface area contributed by atoms with Crippen molar-refractivity contribution in [3.8, 4) is 0 Å². The molecule has 2 aromatic heterocycles. The molecule has 2 N–H and O–H groups in total. The zero-order valence-electron chi connectivity index (χ0n) is 19.2. The van der Waals surface area contributed by atoms with Crippen LogP contribution in [0.1, 0.15) is 33.6 Å². The van der Waals surface area contributed by atoms with Crippen molar-refractivity contribution < 1.29 is 0 Å². The lowest BCUT2D eigenvalue weighted by atomic mass is 9.98. The minimum Gasteiger partial charge on any atom is -0.294 e. The number of hydrogen-bond donors (Lipinski definition) is 2. The largest absolute Gasteiger partial charge is 0.294 e.